The summed E-state index contributed by atoms with van der Waals surface area (Å²) in [5.41, 5.74) is -2.14. The van der Waals surface area contributed by atoms with E-state index in [1.165, 1.54) is 28.9 Å². The highest BCUT2D eigenvalue weighted by atomic mass is 16.5. The minimum Gasteiger partial charge on any atom is -0.508 e. The van der Waals surface area contributed by atoms with Crippen LogP contribution in [0.4, 0.5) is 0 Å². The van der Waals surface area contributed by atoms with Gasteiger partial charge in [-0.15, -0.1) is 0 Å². The maximum absolute atomic E-state index is 12.3. The van der Waals surface area contributed by atoms with E-state index in [1.807, 2.05) is 0 Å². The molecule has 0 aliphatic carbocycles. The molecule has 8 nitrogen and oxygen atoms in total. The van der Waals surface area contributed by atoms with Crippen LogP contribution in [0.3, 0.4) is 0 Å². The summed E-state index contributed by atoms with van der Waals surface area (Å²) in [7, 11) is 0. The van der Waals surface area contributed by atoms with E-state index in [-0.39, 0.29) is 24.7 Å². The van der Waals surface area contributed by atoms with Gasteiger partial charge >= 0.3 is 16.8 Å². The number of rotatable bonds is 1. The molecule has 20 heavy (non-hydrogen) atoms. The molecule has 0 spiro atoms. The minimum atomic E-state index is -0.942. The lowest BCUT2D eigenvalue weighted by Crippen LogP contribution is -2.56. The second kappa shape index (κ2) is 4.49. The molecule has 104 valence electrons. The molecule has 0 unspecified atom stereocenters. The number of hydrogen-bond acceptors (Lipinski definition) is 5. The zero-order valence-corrected chi connectivity index (χ0v) is 10.4. The average Bonchev–Trinajstić information content (AvgIpc) is 2.47. The average molecular weight is 277 g/mol. The monoisotopic (exact) mass is 277 g/mol. The van der Waals surface area contributed by atoms with Crippen molar-refractivity contribution in [2.24, 2.45) is 0 Å². The van der Waals surface area contributed by atoms with Crippen LogP contribution >= 0.6 is 0 Å². The Hall–Kier alpha value is -2.61. The number of phenolic OH excluding ortho intramolecular Hbond substituents is 1. The summed E-state index contributed by atoms with van der Waals surface area (Å²) in [5.74, 6) is 0.00461. The zero-order chi connectivity index (χ0) is 14.3. The molecular formula is C12H11N3O5. The van der Waals surface area contributed by atoms with E-state index < -0.39 is 16.8 Å². The summed E-state index contributed by atoms with van der Waals surface area (Å²) < 4.78 is 8.04. The first-order chi connectivity index (χ1) is 9.59. The molecule has 0 radical (unpaired) electrons. The van der Waals surface area contributed by atoms with E-state index in [4.69, 9.17) is 4.74 Å². The van der Waals surface area contributed by atoms with Crippen molar-refractivity contribution in [3.63, 3.8) is 0 Å². The molecule has 0 fully saturated rings. The first-order valence-corrected chi connectivity index (χ1v) is 5.94. The summed E-state index contributed by atoms with van der Waals surface area (Å²) in [6.07, 6.45) is 0. The van der Waals surface area contributed by atoms with Crippen molar-refractivity contribution in [2.45, 2.75) is 13.3 Å². The molecule has 8 heteroatoms. The number of phenols is 1. The lowest BCUT2D eigenvalue weighted by Gasteiger charge is -2.21. The van der Waals surface area contributed by atoms with Gasteiger partial charge in [0.05, 0.1) is 18.8 Å². The van der Waals surface area contributed by atoms with E-state index in [9.17, 15) is 19.5 Å². The highest BCUT2D eigenvalue weighted by molar-refractivity contribution is 5.36. The Bertz CT molecular complexity index is 828. The standard InChI is InChI=1S/C12H11N3O5/c16-9-3-1-8(2-4-9)15-11(18)10(17)14-7-20-6-5-13(14)12(15)19/h1-4,16H,5-7H2. The van der Waals surface area contributed by atoms with Crippen LogP contribution in [0, 0.1) is 0 Å². The summed E-state index contributed by atoms with van der Waals surface area (Å²) in [6, 6.07) is 5.47. The Morgan fingerprint density at radius 1 is 1.00 bits per heavy atom. The Kier molecular flexibility index (Phi) is 2.79. The third-order valence-corrected chi connectivity index (χ3v) is 3.09. The van der Waals surface area contributed by atoms with Crippen LogP contribution < -0.4 is 16.8 Å². The predicted octanol–water partition coefficient (Wildman–Crippen LogP) is -1.15. The molecule has 0 bridgehead atoms. The second-order valence-corrected chi connectivity index (χ2v) is 4.30. The Balaban J connectivity index is 2.35. The Morgan fingerprint density at radius 2 is 1.70 bits per heavy atom. The Morgan fingerprint density at radius 3 is 2.40 bits per heavy atom. The highest BCUT2D eigenvalue weighted by Gasteiger charge is 2.18. The summed E-state index contributed by atoms with van der Waals surface area (Å²) >= 11 is 0. The number of ether oxygens (including phenoxy) is 1. The molecule has 2 heterocycles. The largest absolute Gasteiger partial charge is 0.508 e. The van der Waals surface area contributed by atoms with Crippen LogP contribution in [0.5, 0.6) is 5.75 Å². The summed E-state index contributed by atoms with van der Waals surface area (Å²) in [5, 5.41) is 9.24. The van der Waals surface area contributed by atoms with Crippen molar-refractivity contribution in [3.8, 4) is 11.4 Å². The van der Waals surface area contributed by atoms with E-state index in [0.29, 0.717) is 6.61 Å². The second-order valence-electron chi connectivity index (χ2n) is 4.30. The molecule has 0 atom stereocenters. The number of nitrogens with zero attached hydrogens (tertiary/aromatic N) is 3. The lowest BCUT2D eigenvalue weighted by atomic mass is 10.3. The molecule has 1 aromatic heterocycles. The Labute approximate surface area is 111 Å². The van der Waals surface area contributed by atoms with Gasteiger partial charge in [-0.05, 0) is 24.3 Å². The van der Waals surface area contributed by atoms with Crippen molar-refractivity contribution in [2.75, 3.05) is 6.61 Å². The molecule has 2 aromatic rings. The van der Waals surface area contributed by atoms with Gasteiger partial charge in [-0.1, -0.05) is 0 Å². The van der Waals surface area contributed by atoms with Crippen LogP contribution in [-0.4, -0.2) is 25.6 Å². The minimum absolute atomic E-state index is 0.00461. The smallest absolute Gasteiger partial charge is 0.350 e. The number of aromatic hydroxyl groups is 1. The molecule has 0 amide bonds. The van der Waals surface area contributed by atoms with Gasteiger partial charge < -0.3 is 9.84 Å². The lowest BCUT2D eigenvalue weighted by molar-refractivity contribution is 0.00593. The van der Waals surface area contributed by atoms with Crippen molar-refractivity contribution >= 4 is 0 Å². The van der Waals surface area contributed by atoms with Crippen LogP contribution in [0.2, 0.25) is 0 Å². The molecule has 1 aromatic carbocycles. The maximum atomic E-state index is 12.3. The molecule has 0 saturated heterocycles. The van der Waals surface area contributed by atoms with Gasteiger partial charge in [0.25, 0.3) is 0 Å². The van der Waals surface area contributed by atoms with E-state index >= 15 is 0 Å². The summed E-state index contributed by atoms with van der Waals surface area (Å²) in [4.78, 5) is 36.3. The van der Waals surface area contributed by atoms with E-state index in [1.54, 1.807) is 0 Å². The van der Waals surface area contributed by atoms with Gasteiger partial charge in [-0.25, -0.2) is 18.7 Å². The van der Waals surface area contributed by atoms with Gasteiger partial charge in [0.2, 0.25) is 0 Å². The normalized spacial score (nSPS) is 14.0. The molecule has 1 aliphatic rings. The van der Waals surface area contributed by atoms with Crippen LogP contribution in [0.15, 0.2) is 38.6 Å². The predicted molar refractivity (Wildman–Crippen MR) is 68.2 cm³/mol. The molecule has 0 saturated carbocycles. The third-order valence-electron chi connectivity index (χ3n) is 3.09. The zero-order valence-electron chi connectivity index (χ0n) is 10.4. The van der Waals surface area contributed by atoms with Crippen LogP contribution in [0.25, 0.3) is 5.69 Å². The first kappa shape index (κ1) is 12.4. The highest BCUT2D eigenvalue weighted by Crippen LogP contribution is 2.10. The third kappa shape index (κ3) is 1.77. The van der Waals surface area contributed by atoms with Crippen LogP contribution in [-0.2, 0) is 18.0 Å². The molecule has 3 rings (SSSR count). The van der Waals surface area contributed by atoms with Crippen molar-refractivity contribution in [1.29, 1.82) is 0 Å². The maximum Gasteiger partial charge on any atom is 0.350 e. The quantitative estimate of drug-likeness (QED) is 0.664. The van der Waals surface area contributed by atoms with Gasteiger partial charge in [-0.2, -0.15) is 0 Å². The van der Waals surface area contributed by atoms with Gasteiger partial charge in [0.15, 0.2) is 0 Å². The fraction of sp³-hybridized carbons (Fsp3) is 0.250. The number of fused-ring (bicyclic) bond motifs is 1. The fourth-order valence-electron chi connectivity index (χ4n) is 2.10. The first-order valence-electron chi connectivity index (χ1n) is 5.94. The SMILES string of the molecule is O=c1c(=O)n2n(c(=O)n1-c1ccc(O)cc1)CCOC2. The number of hydrogen-bond donors (Lipinski definition) is 1. The van der Waals surface area contributed by atoms with Gasteiger partial charge in [0.1, 0.15) is 12.5 Å². The van der Waals surface area contributed by atoms with Crippen molar-refractivity contribution in [3.05, 3.63) is 55.5 Å². The molecule has 1 aliphatic heterocycles. The number of aromatic nitrogens is 3. The summed E-state index contributed by atoms with van der Waals surface area (Å²) in [6.45, 7) is 0.388. The van der Waals surface area contributed by atoms with E-state index in [2.05, 4.69) is 0 Å². The molecular weight excluding hydrogens is 266 g/mol. The molecule has 1 N–H and O–H groups in total. The van der Waals surface area contributed by atoms with Gasteiger partial charge in [-0.3, -0.25) is 9.59 Å². The fourth-order valence-corrected chi connectivity index (χ4v) is 2.10. The van der Waals surface area contributed by atoms with E-state index in [0.717, 1.165) is 9.25 Å². The number of benzene rings is 1. The van der Waals surface area contributed by atoms with Crippen molar-refractivity contribution < 1.29 is 9.84 Å². The van der Waals surface area contributed by atoms with Crippen molar-refractivity contribution in [1.82, 2.24) is 13.9 Å². The van der Waals surface area contributed by atoms with Crippen LogP contribution in [0.1, 0.15) is 0 Å². The topological polar surface area (TPSA) is 95.5 Å². The van der Waals surface area contributed by atoms with Gasteiger partial charge in [0, 0.05) is 0 Å².